The van der Waals surface area contributed by atoms with Gasteiger partial charge in [0, 0.05) is 35.6 Å². The van der Waals surface area contributed by atoms with E-state index < -0.39 is 11.7 Å². The highest BCUT2D eigenvalue weighted by atomic mass is 35.5. The van der Waals surface area contributed by atoms with Crippen LogP contribution in [-0.2, 0) is 13.1 Å². The molecule has 0 atom stereocenters. The molecular weight excluding hydrogens is 447 g/mol. The highest BCUT2D eigenvalue weighted by Crippen LogP contribution is 2.31. The molecular formula is C23H18ClFN6O2. The maximum absolute atomic E-state index is 13.6. The third-order valence-electron chi connectivity index (χ3n) is 5.60. The van der Waals surface area contributed by atoms with Crippen molar-refractivity contribution in [3.05, 3.63) is 77.0 Å². The van der Waals surface area contributed by atoms with E-state index in [2.05, 4.69) is 15.4 Å². The summed E-state index contributed by atoms with van der Waals surface area (Å²) >= 11 is 5.91. The summed E-state index contributed by atoms with van der Waals surface area (Å²) in [5, 5.41) is 9.23. The van der Waals surface area contributed by atoms with Crippen molar-refractivity contribution in [3.8, 4) is 11.3 Å². The number of rotatable bonds is 3. The van der Waals surface area contributed by atoms with E-state index in [1.54, 1.807) is 22.0 Å². The minimum atomic E-state index is -0.684. The Hall–Kier alpha value is -3.98. The quantitative estimate of drug-likeness (QED) is 0.477. The highest BCUT2D eigenvalue weighted by molar-refractivity contribution is 6.31. The van der Waals surface area contributed by atoms with Gasteiger partial charge in [-0.3, -0.25) is 14.5 Å². The molecule has 1 aliphatic rings. The Morgan fingerprint density at radius 1 is 1.09 bits per heavy atom. The van der Waals surface area contributed by atoms with Crippen LogP contribution >= 0.6 is 11.6 Å². The third kappa shape index (κ3) is 3.87. The summed E-state index contributed by atoms with van der Waals surface area (Å²) < 4.78 is 15.3. The summed E-state index contributed by atoms with van der Waals surface area (Å²) in [5.41, 5.74) is 7.78. The standard InChI is InChI=1S/C23H18ClFN6O2/c24-17-10-14(2-4-18(17)25)21-20(22(26)32)19-12-30(7-8-31(19)29-21)23(33)28-16-3-1-13-5-6-27-11-15(13)9-16/h1-6,9-11H,7-8,12H2,(H2,26,32)(H,28,33). The number of aromatic nitrogens is 3. The number of hydrogen-bond donors (Lipinski definition) is 2. The van der Waals surface area contributed by atoms with Crippen LogP contribution < -0.4 is 11.1 Å². The number of pyridine rings is 1. The maximum atomic E-state index is 13.6. The molecule has 0 fully saturated rings. The van der Waals surface area contributed by atoms with Crippen LogP contribution in [0.4, 0.5) is 14.9 Å². The first-order chi connectivity index (χ1) is 15.9. The second kappa shape index (κ2) is 8.18. The van der Waals surface area contributed by atoms with Crippen molar-refractivity contribution in [1.29, 1.82) is 0 Å². The molecule has 1 aliphatic heterocycles. The van der Waals surface area contributed by atoms with E-state index in [9.17, 15) is 14.0 Å². The van der Waals surface area contributed by atoms with E-state index >= 15 is 0 Å². The number of urea groups is 1. The zero-order chi connectivity index (χ0) is 23.1. The molecule has 10 heteroatoms. The van der Waals surface area contributed by atoms with Gasteiger partial charge in [0.15, 0.2) is 0 Å². The zero-order valence-corrected chi connectivity index (χ0v) is 18.0. The van der Waals surface area contributed by atoms with E-state index in [-0.39, 0.29) is 23.2 Å². The van der Waals surface area contributed by atoms with Gasteiger partial charge < -0.3 is 16.0 Å². The fourth-order valence-electron chi connectivity index (χ4n) is 3.96. The van der Waals surface area contributed by atoms with Crippen LogP contribution in [0.5, 0.6) is 0 Å². The Kier molecular flexibility index (Phi) is 5.18. The lowest BCUT2D eigenvalue weighted by Gasteiger charge is -2.28. The molecule has 0 aliphatic carbocycles. The molecule has 166 valence electrons. The van der Waals surface area contributed by atoms with Crippen molar-refractivity contribution in [3.63, 3.8) is 0 Å². The van der Waals surface area contributed by atoms with Gasteiger partial charge in [-0.05, 0) is 41.8 Å². The molecule has 0 spiro atoms. The minimum Gasteiger partial charge on any atom is -0.365 e. The van der Waals surface area contributed by atoms with Crippen LogP contribution in [0.2, 0.25) is 5.02 Å². The lowest BCUT2D eigenvalue weighted by Crippen LogP contribution is -2.41. The lowest BCUT2D eigenvalue weighted by atomic mass is 10.0. The maximum Gasteiger partial charge on any atom is 0.322 e. The molecule has 3 N–H and O–H groups in total. The number of carbonyl (C=O) groups is 2. The molecule has 4 aromatic rings. The first-order valence-corrected chi connectivity index (χ1v) is 10.5. The van der Waals surface area contributed by atoms with E-state index in [4.69, 9.17) is 17.3 Å². The molecule has 0 unspecified atom stereocenters. The Morgan fingerprint density at radius 3 is 2.73 bits per heavy atom. The fourth-order valence-corrected chi connectivity index (χ4v) is 4.14. The fraction of sp³-hybridized carbons (Fsp3) is 0.130. The minimum absolute atomic E-state index is 0.0829. The lowest BCUT2D eigenvalue weighted by molar-refractivity contribution is 0.0997. The van der Waals surface area contributed by atoms with Gasteiger partial charge in [-0.2, -0.15) is 5.10 Å². The number of halogens is 2. The summed E-state index contributed by atoms with van der Waals surface area (Å²) in [6.07, 6.45) is 3.44. The first kappa shape index (κ1) is 20.9. The molecule has 0 saturated heterocycles. The number of amides is 3. The second-order valence-corrected chi connectivity index (χ2v) is 8.08. The molecule has 0 bridgehead atoms. The molecule has 33 heavy (non-hydrogen) atoms. The van der Waals surface area contributed by atoms with Crippen molar-refractivity contribution in [2.45, 2.75) is 13.1 Å². The summed E-state index contributed by atoms with van der Waals surface area (Å²) in [6.45, 7) is 0.901. The van der Waals surface area contributed by atoms with Gasteiger partial charge in [-0.1, -0.05) is 17.7 Å². The SMILES string of the molecule is NC(=O)c1c(-c2ccc(F)c(Cl)c2)nn2c1CN(C(=O)Nc1ccc3ccncc3c1)CC2. The van der Waals surface area contributed by atoms with Gasteiger partial charge in [0.2, 0.25) is 0 Å². The van der Waals surface area contributed by atoms with E-state index in [1.807, 2.05) is 24.3 Å². The molecule has 8 nitrogen and oxygen atoms in total. The van der Waals surface area contributed by atoms with Crippen molar-refractivity contribution in [1.82, 2.24) is 19.7 Å². The van der Waals surface area contributed by atoms with Crippen LogP contribution in [0.1, 0.15) is 16.1 Å². The van der Waals surface area contributed by atoms with Gasteiger partial charge in [0.25, 0.3) is 5.91 Å². The normalized spacial score (nSPS) is 13.1. The van der Waals surface area contributed by atoms with E-state index in [0.717, 1.165) is 10.8 Å². The molecule has 5 rings (SSSR count). The van der Waals surface area contributed by atoms with Crippen LogP contribution in [0.15, 0.2) is 54.9 Å². The molecule has 0 saturated carbocycles. The Labute approximate surface area is 192 Å². The predicted molar refractivity (Wildman–Crippen MR) is 122 cm³/mol. The largest absolute Gasteiger partial charge is 0.365 e. The van der Waals surface area contributed by atoms with E-state index in [1.165, 1.54) is 18.2 Å². The summed E-state index contributed by atoms with van der Waals surface area (Å²) in [5.74, 6) is -1.26. The zero-order valence-electron chi connectivity index (χ0n) is 17.3. The van der Waals surface area contributed by atoms with Crippen molar-refractivity contribution >= 4 is 40.0 Å². The number of nitrogens with zero attached hydrogens (tertiary/aromatic N) is 4. The average Bonchev–Trinajstić information content (AvgIpc) is 3.20. The molecule has 0 radical (unpaired) electrons. The van der Waals surface area contributed by atoms with Gasteiger partial charge in [0.05, 0.1) is 29.4 Å². The average molecular weight is 465 g/mol. The number of primary amides is 1. The van der Waals surface area contributed by atoms with Crippen LogP contribution in [0.25, 0.3) is 22.0 Å². The van der Waals surface area contributed by atoms with Crippen LogP contribution in [-0.4, -0.2) is 38.1 Å². The van der Waals surface area contributed by atoms with Gasteiger partial charge >= 0.3 is 6.03 Å². The number of benzene rings is 2. The van der Waals surface area contributed by atoms with Gasteiger partial charge in [-0.15, -0.1) is 0 Å². The smallest absolute Gasteiger partial charge is 0.322 e. The topological polar surface area (TPSA) is 106 Å². The third-order valence-corrected chi connectivity index (χ3v) is 5.89. The van der Waals surface area contributed by atoms with Crippen molar-refractivity contribution in [2.75, 3.05) is 11.9 Å². The predicted octanol–water partition coefficient (Wildman–Crippen LogP) is 4.04. The van der Waals surface area contributed by atoms with Crippen molar-refractivity contribution < 1.29 is 14.0 Å². The van der Waals surface area contributed by atoms with Gasteiger partial charge in [0.1, 0.15) is 11.5 Å². The molecule has 3 heterocycles. The summed E-state index contributed by atoms with van der Waals surface area (Å²) in [6, 6.07) is 11.2. The number of fused-ring (bicyclic) bond motifs is 2. The molecule has 2 aromatic carbocycles. The Morgan fingerprint density at radius 2 is 1.94 bits per heavy atom. The van der Waals surface area contributed by atoms with Crippen LogP contribution in [0.3, 0.4) is 0 Å². The number of anilines is 1. The molecule has 2 aromatic heterocycles. The molecule has 3 amide bonds. The first-order valence-electron chi connectivity index (χ1n) is 10.2. The van der Waals surface area contributed by atoms with Crippen LogP contribution in [0, 0.1) is 5.82 Å². The number of hydrogen-bond acceptors (Lipinski definition) is 4. The Bertz CT molecular complexity index is 1420. The van der Waals surface area contributed by atoms with Gasteiger partial charge in [-0.25, -0.2) is 9.18 Å². The second-order valence-electron chi connectivity index (χ2n) is 7.68. The monoisotopic (exact) mass is 464 g/mol. The summed E-state index contributed by atoms with van der Waals surface area (Å²) in [4.78, 5) is 30.9. The Balaban J connectivity index is 1.42. The number of nitrogens with two attached hydrogens (primary N) is 1. The van der Waals surface area contributed by atoms with E-state index in [0.29, 0.717) is 35.7 Å². The van der Waals surface area contributed by atoms with Crippen molar-refractivity contribution in [2.24, 2.45) is 5.73 Å². The number of nitrogens with one attached hydrogen (secondary N) is 1. The number of carbonyl (C=O) groups excluding carboxylic acids is 2. The highest BCUT2D eigenvalue weighted by Gasteiger charge is 2.30. The summed E-state index contributed by atoms with van der Waals surface area (Å²) in [7, 11) is 0.